The van der Waals surface area contributed by atoms with Crippen LogP contribution >= 0.6 is 0 Å². The van der Waals surface area contributed by atoms with E-state index in [9.17, 15) is 9.18 Å². The lowest BCUT2D eigenvalue weighted by Gasteiger charge is -2.07. The van der Waals surface area contributed by atoms with Crippen molar-refractivity contribution in [2.45, 2.75) is 6.61 Å². The average molecular weight is 372 g/mol. The maximum absolute atomic E-state index is 13.3. The summed E-state index contributed by atoms with van der Waals surface area (Å²) in [5.41, 5.74) is 3.10. The summed E-state index contributed by atoms with van der Waals surface area (Å²) in [7, 11) is 0. The van der Waals surface area contributed by atoms with E-state index in [4.69, 9.17) is 9.47 Å². The standard InChI is InChI=1S/C24H17FO3/c1-2-16-6-8-17(9-7-16)15-27-20-10-11-21-22(14-20)28-23(24(21)26)13-18-4-3-5-19(25)12-18/h2-14H,1,15H2/b23-13-. The van der Waals surface area contributed by atoms with E-state index in [1.165, 1.54) is 18.2 Å². The number of fused-ring (bicyclic) bond motifs is 1. The largest absolute Gasteiger partial charge is 0.489 e. The van der Waals surface area contributed by atoms with E-state index in [0.717, 1.165) is 11.1 Å². The van der Waals surface area contributed by atoms with Gasteiger partial charge in [-0.05, 0) is 47.0 Å². The Morgan fingerprint density at radius 3 is 2.57 bits per heavy atom. The fraction of sp³-hybridized carbons (Fsp3) is 0.0417. The predicted octanol–water partition coefficient (Wildman–Crippen LogP) is 5.66. The van der Waals surface area contributed by atoms with Gasteiger partial charge in [0.2, 0.25) is 5.78 Å². The number of ether oxygens (including phenoxy) is 2. The Hall–Kier alpha value is -3.66. The molecule has 0 fully saturated rings. The molecule has 0 bridgehead atoms. The Balaban J connectivity index is 1.49. The smallest absolute Gasteiger partial charge is 0.231 e. The number of hydrogen-bond acceptors (Lipinski definition) is 3. The van der Waals surface area contributed by atoms with Gasteiger partial charge in [0, 0.05) is 6.07 Å². The number of ketones is 1. The van der Waals surface area contributed by atoms with Gasteiger partial charge < -0.3 is 9.47 Å². The first-order valence-corrected chi connectivity index (χ1v) is 8.80. The second-order valence-corrected chi connectivity index (χ2v) is 6.39. The molecule has 3 aromatic carbocycles. The molecule has 0 N–H and O–H groups in total. The molecule has 4 rings (SSSR count). The molecule has 3 aromatic rings. The Labute approximate surface area is 162 Å². The number of rotatable bonds is 5. The summed E-state index contributed by atoms with van der Waals surface area (Å²) in [6, 6.07) is 19.0. The summed E-state index contributed by atoms with van der Waals surface area (Å²) in [6.45, 7) is 4.13. The van der Waals surface area contributed by atoms with Crippen molar-refractivity contribution >= 4 is 17.9 Å². The first-order valence-electron chi connectivity index (χ1n) is 8.80. The summed E-state index contributed by atoms with van der Waals surface area (Å²) in [5.74, 6) is 0.608. The molecule has 1 aliphatic heterocycles. The molecule has 0 atom stereocenters. The van der Waals surface area contributed by atoms with Crippen LogP contribution in [0.25, 0.3) is 12.2 Å². The number of Topliss-reactive ketones (excluding diaryl/α,β-unsaturated/α-hetero) is 1. The highest BCUT2D eigenvalue weighted by molar-refractivity contribution is 6.14. The summed E-state index contributed by atoms with van der Waals surface area (Å²) < 4.78 is 24.8. The molecular formula is C24H17FO3. The zero-order chi connectivity index (χ0) is 19.5. The summed E-state index contributed by atoms with van der Waals surface area (Å²) in [5, 5.41) is 0. The van der Waals surface area contributed by atoms with Crippen LogP contribution in [0.5, 0.6) is 11.5 Å². The monoisotopic (exact) mass is 372 g/mol. The third kappa shape index (κ3) is 3.71. The number of hydrogen-bond donors (Lipinski definition) is 0. The highest BCUT2D eigenvalue weighted by Crippen LogP contribution is 2.35. The second kappa shape index (κ2) is 7.53. The summed E-state index contributed by atoms with van der Waals surface area (Å²) in [4.78, 5) is 12.5. The van der Waals surface area contributed by atoms with E-state index in [2.05, 4.69) is 6.58 Å². The van der Waals surface area contributed by atoms with Gasteiger partial charge in [0.25, 0.3) is 0 Å². The molecule has 4 heteroatoms. The van der Waals surface area contributed by atoms with Gasteiger partial charge in [0.05, 0.1) is 5.56 Å². The van der Waals surface area contributed by atoms with E-state index in [-0.39, 0.29) is 17.4 Å². The third-order valence-corrected chi connectivity index (χ3v) is 4.41. The van der Waals surface area contributed by atoms with E-state index < -0.39 is 0 Å². The van der Waals surface area contributed by atoms with Crippen LogP contribution in [0.2, 0.25) is 0 Å². The van der Waals surface area contributed by atoms with Crippen LogP contribution in [0.1, 0.15) is 27.0 Å². The topological polar surface area (TPSA) is 35.5 Å². The van der Waals surface area contributed by atoms with E-state index >= 15 is 0 Å². The molecule has 0 spiro atoms. The van der Waals surface area contributed by atoms with Crippen LogP contribution < -0.4 is 9.47 Å². The van der Waals surface area contributed by atoms with Gasteiger partial charge in [0.1, 0.15) is 23.9 Å². The molecule has 138 valence electrons. The molecule has 3 nitrogen and oxygen atoms in total. The highest BCUT2D eigenvalue weighted by Gasteiger charge is 2.27. The lowest BCUT2D eigenvalue weighted by atomic mass is 10.1. The molecule has 0 saturated carbocycles. The van der Waals surface area contributed by atoms with Crippen LogP contribution in [0, 0.1) is 5.82 Å². The zero-order valence-electron chi connectivity index (χ0n) is 15.0. The number of carbonyl (C=O) groups excluding carboxylic acids is 1. The molecule has 28 heavy (non-hydrogen) atoms. The van der Waals surface area contributed by atoms with E-state index in [1.807, 2.05) is 24.3 Å². The molecule has 0 aliphatic carbocycles. The summed E-state index contributed by atoms with van der Waals surface area (Å²) >= 11 is 0. The van der Waals surface area contributed by atoms with Crippen LogP contribution in [0.4, 0.5) is 4.39 Å². The minimum Gasteiger partial charge on any atom is -0.489 e. The predicted molar refractivity (Wildman–Crippen MR) is 107 cm³/mol. The molecule has 0 radical (unpaired) electrons. The second-order valence-electron chi connectivity index (χ2n) is 6.39. The van der Waals surface area contributed by atoms with Crippen molar-refractivity contribution in [3.05, 3.63) is 107 Å². The maximum atomic E-state index is 13.3. The van der Waals surface area contributed by atoms with Gasteiger partial charge in [-0.15, -0.1) is 0 Å². The van der Waals surface area contributed by atoms with Gasteiger partial charge in [-0.3, -0.25) is 4.79 Å². The lowest BCUT2D eigenvalue weighted by molar-refractivity contribution is 0.101. The first-order chi connectivity index (χ1) is 13.6. The molecule has 0 unspecified atom stereocenters. The Morgan fingerprint density at radius 1 is 1.00 bits per heavy atom. The van der Waals surface area contributed by atoms with Crippen LogP contribution in [-0.2, 0) is 6.61 Å². The minimum atomic E-state index is -0.367. The van der Waals surface area contributed by atoms with Crippen molar-refractivity contribution in [3.8, 4) is 11.5 Å². The minimum absolute atomic E-state index is 0.165. The van der Waals surface area contributed by atoms with Crippen LogP contribution in [-0.4, -0.2) is 5.78 Å². The van der Waals surface area contributed by atoms with E-state index in [1.54, 1.807) is 36.4 Å². The van der Waals surface area contributed by atoms with Crippen molar-refractivity contribution in [1.82, 2.24) is 0 Å². The van der Waals surface area contributed by atoms with Crippen molar-refractivity contribution in [1.29, 1.82) is 0 Å². The SMILES string of the molecule is C=Cc1ccc(COc2ccc3c(c2)O/C(=C\c2cccc(F)c2)C3=O)cc1. The van der Waals surface area contributed by atoms with Crippen LogP contribution in [0.3, 0.4) is 0 Å². The quantitative estimate of drug-likeness (QED) is 0.542. The molecule has 0 saturated heterocycles. The number of benzene rings is 3. The Bertz CT molecular complexity index is 1080. The highest BCUT2D eigenvalue weighted by atomic mass is 19.1. The number of allylic oxidation sites excluding steroid dienone is 1. The van der Waals surface area contributed by atoms with Crippen molar-refractivity contribution in [2.75, 3.05) is 0 Å². The number of carbonyl (C=O) groups is 1. The van der Waals surface area contributed by atoms with Crippen molar-refractivity contribution in [2.24, 2.45) is 0 Å². The van der Waals surface area contributed by atoms with Gasteiger partial charge >= 0.3 is 0 Å². The van der Waals surface area contributed by atoms with E-state index in [0.29, 0.717) is 29.2 Å². The van der Waals surface area contributed by atoms with Gasteiger partial charge in [-0.2, -0.15) is 0 Å². The van der Waals surface area contributed by atoms with Crippen molar-refractivity contribution in [3.63, 3.8) is 0 Å². The third-order valence-electron chi connectivity index (χ3n) is 4.41. The van der Waals surface area contributed by atoms with Crippen molar-refractivity contribution < 1.29 is 18.7 Å². The average Bonchev–Trinajstić information content (AvgIpc) is 3.01. The van der Waals surface area contributed by atoms with Gasteiger partial charge in [0.15, 0.2) is 5.76 Å². The Morgan fingerprint density at radius 2 is 1.82 bits per heavy atom. The Kier molecular flexibility index (Phi) is 4.77. The molecule has 1 aliphatic rings. The van der Waals surface area contributed by atoms with Crippen LogP contribution in [0.15, 0.2) is 79.1 Å². The lowest BCUT2D eigenvalue weighted by Crippen LogP contribution is -1.98. The molecule has 0 aromatic heterocycles. The van der Waals surface area contributed by atoms with Gasteiger partial charge in [-0.25, -0.2) is 4.39 Å². The fourth-order valence-electron chi connectivity index (χ4n) is 2.92. The number of halogens is 1. The zero-order valence-corrected chi connectivity index (χ0v) is 15.0. The summed E-state index contributed by atoms with van der Waals surface area (Å²) in [6.07, 6.45) is 3.32. The fourth-order valence-corrected chi connectivity index (χ4v) is 2.92. The molecular weight excluding hydrogens is 355 g/mol. The van der Waals surface area contributed by atoms with Gasteiger partial charge in [-0.1, -0.05) is 49.1 Å². The molecule has 0 amide bonds. The first kappa shape index (κ1) is 17.7. The normalized spacial score (nSPS) is 13.9. The maximum Gasteiger partial charge on any atom is 0.231 e. The molecule has 1 heterocycles.